The number of thiophene rings is 1. The van der Waals surface area contributed by atoms with Gasteiger partial charge in [-0.3, -0.25) is 0 Å². The van der Waals surface area contributed by atoms with Crippen molar-refractivity contribution in [3.8, 4) is 0 Å². The van der Waals surface area contributed by atoms with Gasteiger partial charge in [0, 0.05) is 22.3 Å². The molecule has 3 heteroatoms. The van der Waals surface area contributed by atoms with Gasteiger partial charge in [0.15, 0.2) is 0 Å². The van der Waals surface area contributed by atoms with Crippen LogP contribution >= 0.6 is 11.3 Å². The van der Waals surface area contributed by atoms with Crippen LogP contribution in [0.2, 0.25) is 0 Å². The van der Waals surface area contributed by atoms with Crippen molar-refractivity contribution in [1.82, 2.24) is 5.32 Å². The zero-order chi connectivity index (χ0) is 10.8. The molecule has 1 aromatic heterocycles. The number of aliphatic hydroxyl groups excluding tert-OH is 1. The highest BCUT2D eigenvalue weighted by Crippen LogP contribution is 2.33. The molecule has 0 fully saturated rings. The molecule has 0 saturated heterocycles. The summed E-state index contributed by atoms with van der Waals surface area (Å²) in [4.78, 5) is 3.00. The summed E-state index contributed by atoms with van der Waals surface area (Å²) in [6.45, 7) is 4.65. The molecule has 2 rings (SSSR count). The van der Waals surface area contributed by atoms with E-state index in [0.29, 0.717) is 12.6 Å². The molecular weight excluding hydrogens is 206 g/mol. The van der Waals surface area contributed by atoms with E-state index in [1.807, 2.05) is 18.3 Å². The Morgan fingerprint density at radius 3 is 2.93 bits per heavy atom. The van der Waals surface area contributed by atoms with Crippen LogP contribution < -0.4 is 5.32 Å². The van der Waals surface area contributed by atoms with Crippen molar-refractivity contribution in [2.24, 2.45) is 0 Å². The topological polar surface area (TPSA) is 32.3 Å². The first-order chi connectivity index (χ1) is 7.16. The molecule has 0 aliphatic heterocycles. The van der Waals surface area contributed by atoms with Crippen LogP contribution in [-0.2, 0) is 12.8 Å². The van der Waals surface area contributed by atoms with Gasteiger partial charge in [-0.05, 0) is 44.7 Å². The zero-order valence-electron chi connectivity index (χ0n) is 9.42. The van der Waals surface area contributed by atoms with Crippen molar-refractivity contribution in [3.05, 3.63) is 21.4 Å². The fourth-order valence-electron chi connectivity index (χ4n) is 2.01. The molecule has 1 heterocycles. The van der Waals surface area contributed by atoms with Gasteiger partial charge in [0.05, 0.1) is 6.10 Å². The molecule has 84 valence electrons. The Morgan fingerprint density at radius 1 is 1.47 bits per heavy atom. The predicted molar refractivity (Wildman–Crippen MR) is 64.4 cm³/mol. The van der Waals surface area contributed by atoms with Gasteiger partial charge in [0.1, 0.15) is 0 Å². The molecule has 0 aromatic carbocycles. The third-order valence-electron chi connectivity index (χ3n) is 2.91. The van der Waals surface area contributed by atoms with E-state index in [9.17, 15) is 5.11 Å². The van der Waals surface area contributed by atoms with E-state index in [0.717, 1.165) is 0 Å². The largest absolute Gasteiger partial charge is 0.392 e. The Bertz CT molecular complexity index is 311. The highest BCUT2D eigenvalue weighted by Gasteiger charge is 2.17. The lowest BCUT2D eigenvalue weighted by Gasteiger charge is -2.13. The summed E-state index contributed by atoms with van der Waals surface area (Å²) < 4.78 is 0. The Morgan fingerprint density at radius 2 is 2.27 bits per heavy atom. The molecule has 2 unspecified atom stereocenters. The highest BCUT2D eigenvalue weighted by atomic mass is 32.1. The summed E-state index contributed by atoms with van der Waals surface area (Å²) in [5.74, 6) is 0. The third kappa shape index (κ3) is 2.60. The van der Waals surface area contributed by atoms with Crippen LogP contribution in [0.15, 0.2) is 6.07 Å². The van der Waals surface area contributed by atoms with Crippen LogP contribution in [0, 0.1) is 0 Å². The summed E-state index contributed by atoms with van der Waals surface area (Å²) in [5.41, 5.74) is 1.56. The van der Waals surface area contributed by atoms with Crippen LogP contribution in [0.3, 0.4) is 0 Å². The molecule has 1 aliphatic rings. The number of aryl methyl sites for hydroxylation is 2. The summed E-state index contributed by atoms with van der Waals surface area (Å²) in [7, 11) is 0. The lowest BCUT2D eigenvalue weighted by Crippen LogP contribution is -2.26. The van der Waals surface area contributed by atoms with Crippen molar-refractivity contribution in [2.45, 2.75) is 45.3 Å². The van der Waals surface area contributed by atoms with Crippen molar-refractivity contribution < 1.29 is 5.11 Å². The van der Waals surface area contributed by atoms with E-state index < -0.39 is 0 Å². The van der Waals surface area contributed by atoms with E-state index >= 15 is 0 Å². The average molecular weight is 225 g/mol. The van der Waals surface area contributed by atoms with Gasteiger partial charge in [0.25, 0.3) is 0 Å². The van der Waals surface area contributed by atoms with E-state index in [4.69, 9.17) is 0 Å². The monoisotopic (exact) mass is 225 g/mol. The quantitative estimate of drug-likeness (QED) is 0.824. The molecule has 2 atom stereocenters. The molecule has 0 bridgehead atoms. The molecule has 0 spiro atoms. The first-order valence-electron chi connectivity index (χ1n) is 5.69. The number of rotatable bonds is 4. The summed E-state index contributed by atoms with van der Waals surface area (Å²) in [6, 6.07) is 2.71. The van der Waals surface area contributed by atoms with Crippen molar-refractivity contribution in [2.75, 3.05) is 6.54 Å². The Labute approximate surface area is 95.3 Å². The number of aliphatic hydroxyl groups is 1. The number of nitrogens with one attached hydrogen (secondary N) is 1. The Hall–Kier alpha value is -0.380. The molecule has 1 aliphatic carbocycles. The van der Waals surface area contributed by atoms with Crippen molar-refractivity contribution in [3.63, 3.8) is 0 Å². The van der Waals surface area contributed by atoms with E-state index in [1.54, 1.807) is 10.4 Å². The van der Waals surface area contributed by atoms with Gasteiger partial charge in [-0.25, -0.2) is 0 Å². The van der Waals surface area contributed by atoms with E-state index in [2.05, 4.69) is 18.3 Å². The predicted octanol–water partition coefficient (Wildman–Crippen LogP) is 2.27. The number of hydrogen-bond donors (Lipinski definition) is 2. The maximum Gasteiger partial charge on any atom is 0.0636 e. The molecule has 2 N–H and O–H groups in total. The second-order valence-corrected chi connectivity index (χ2v) is 5.60. The minimum Gasteiger partial charge on any atom is -0.392 e. The number of hydrogen-bond acceptors (Lipinski definition) is 3. The SMILES string of the molecule is CC(O)CNC(C)c1cc2c(s1)CCC2. The summed E-state index contributed by atoms with van der Waals surface area (Å²) in [5, 5.41) is 12.6. The van der Waals surface area contributed by atoms with Crippen LogP contribution in [0.4, 0.5) is 0 Å². The maximum absolute atomic E-state index is 9.21. The van der Waals surface area contributed by atoms with Gasteiger partial charge < -0.3 is 10.4 Å². The summed E-state index contributed by atoms with van der Waals surface area (Å²) in [6.07, 6.45) is 3.59. The molecular formula is C12H19NOS. The van der Waals surface area contributed by atoms with Gasteiger partial charge in [-0.15, -0.1) is 11.3 Å². The third-order valence-corrected chi connectivity index (χ3v) is 4.33. The van der Waals surface area contributed by atoms with Gasteiger partial charge in [-0.1, -0.05) is 0 Å². The molecule has 1 aromatic rings. The van der Waals surface area contributed by atoms with Crippen molar-refractivity contribution >= 4 is 11.3 Å². The first kappa shape index (κ1) is 11.1. The summed E-state index contributed by atoms with van der Waals surface area (Å²) >= 11 is 1.94. The molecule has 15 heavy (non-hydrogen) atoms. The molecule has 0 amide bonds. The molecule has 2 nitrogen and oxygen atoms in total. The lowest BCUT2D eigenvalue weighted by molar-refractivity contribution is 0.187. The highest BCUT2D eigenvalue weighted by molar-refractivity contribution is 7.12. The van der Waals surface area contributed by atoms with E-state index in [1.165, 1.54) is 24.1 Å². The normalized spacial score (nSPS) is 18.9. The standard InChI is InChI=1S/C12H19NOS/c1-8(14)7-13-9(2)12-6-10-4-3-5-11(10)15-12/h6,8-9,13-14H,3-5,7H2,1-2H3. The van der Waals surface area contributed by atoms with Crippen LogP contribution in [0.25, 0.3) is 0 Å². The fraction of sp³-hybridized carbons (Fsp3) is 0.667. The minimum atomic E-state index is -0.265. The van der Waals surface area contributed by atoms with Gasteiger partial charge in [-0.2, -0.15) is 0 Å². The Kier molecular flexibility index (Phi) is 3.44. The molecule has 0 saturated carbocycles. The average Bonchev–Trinajstić information content (AvgIpc) is 2.72. The lowest BCUT2D eigenvalue weighted by atomic mass is 10.2. The fourth-order valence-corrected chi connectivity index (χ4v) is 3.30. The van der Waals surface area contributed by atoms with Gasteiger partial charge >= 0.3 is 0 Å². The smallest absolute Gasteiger partial charge is 0.0636 e. The van der Waals surface area contributed by atoms with Crippen molar-refractivity contribution in [1.29, 1.82) is 0 Å². The second-order valence-electron chi connectivity index (χ2n) is 4.43. The minimum absolute atomic E-state index is 0.265. The van der Waals surface area contributed by atoms with Gasteiger partial charge in [0.2, 0.25) is 0 Å². The maximum atomic E-state index is 9.21. The second kappa shape index (κ2) is 4.64. The Balaban J connectivity index is 1.97. The van der Waals surface area contributed by atoms with Crippen LogP contribution in [-0.4, -0.2) is 17.8 Å². The zero-order valence-corrected chi connectivity index (χ0v) is 10.2. The first-order valence-corrected chi connectivity index (χ1v) is 6.51. The van der Waals surface area contributed by atoms with Crippen LogP contribution in [0.1, 0.15) is 41.6 Å². The van der Waals surface area contributed by atoms with E-state index in [-0.39, 0.29) is 6.10 Å². The number of fused-ring (bicyclic) bond motifs is 1. The van der Waals surface area contributed by atoms with Crippen LogP contribution in [0.5, 0.6) is 0 Å². The molecule has 0 radical (unpaired) electrons.